The van der Waals surface area contributed by atoms with Crippen molar-refractivity contribution in [3.8, 4) is 0 Å². The summed E-state index contributed by atoms with van der Waals surface area (Å²) >= 11 is 0. The number of benzene rings is 1. The molecule has 2 aromatic rings. The van der Waals surface area contributed by atoms with Gasteiger partial charge in [0.2, 0.25) is 11.9 Å². The highest BCUT2D eigenvalue weighted by molar-refractivity contribution is 5.89. The Hall–Kier alpha value is -3.33. The summed E-state index contributed by atoms with van der Waals surface area (Å²) in [6.45, 7) is 6.42. The molecule has 2 heterocycles. The molecule has 3 rings (SSSR count). The van der Waals surface area contributed by atoms with Crippen LogP contribution in [0.3, 0.4) is 0 Å². The fourth-order valence-corrected chi connectivity index (χ4v) is 3.77. The average molecular weight is 456 g/mol. The van der Waals surface area contributed by atoms with Gasteiger partial charge in [-0.15, -0.1) is 0 Å². The van der Waals surface area contributed by atoms with E-state index in [0.29, 0.717) is 44.3 Å². The molecule has 1 fully saturated rings. The fraction of sp³-hybridized carbons (Fsp3) is 0.417. The molecule has 1 amide bonds. The van der Waals surface area contributed by atoms with Crippen molar-refractivity contribution in [2.45, 2.75) is 19.4 Å². The van der Waals surface area contributed by atoms with E-state index in [1.807, 2.05) is 24.0 Å². The molecule has 1 atom stereocenters. The van der Waals surface area contributed by atoms with Crippen molar-refractivity contribution in [2.24, 2.45) is 0 Å². The van der Waals surface area contributed by atoms with Crippen LogP contribution in [0, 0.1) is 5.82 Å². The Morgan fingerprint density at radius 2 is 1.73 bits per heavy atom. The van der Waals surface area contributed by atoms with Crippen molar-refractivity contribution >= 4 is 23.9 Å². The third-order valence-electron chi connectivity index (χ3n) is 5.68. The van der Waals surface area contributed by atoms with Crippen LogP contribution >= 0.6 is 0 Å². The van der Waals surface area contributed by atoms with E-state index >= 15 is 0 Å². The second-order valence-electron chi connectivity index (χ2n) is 8.20. The molecule has 1 aliphatic heterocycles. The third-order valence-corrected chi connectivity index (χ3v) is 5.68. The number of rotatable bonds is 7. The lowest BCUT2D eigenvalue weighted by molar-refractivity contribution is -0.138. The van der Waals surface area contributed by atoms with E-state index in [9.17, 15) is 14.0 Å². The van der Waals surface area contributed by atoms with Crippen LogP contribution in [0.5, 0.6) is 0 Å². The minimum Gasteiger partial charge on any atom is -0.462 e. The van der Waals surface area contributed by atoms with Crippen LogP contribution < -0.4 is 4.90 Å². The number of piperazine rings is 1. The van der Waals surface area contributed by atoms with Crippen LogP contribution in [0.15, 0.2) is 42.7 Å². The molecule has 0 radical (unpaired) electrons. The molecule has 1 unspecified atom stereocenters. The van der Waals surface area contributed by atoms with Crippen LogP contribution in [0.4, 0.5) is 10.3 Å². The number of esters is 1. The van der Waals surface area contributed by atoms with Crippen LogP contribution in [-0.2, 0) is 9.53 Å². The van der Waals surface area contributed by atoms with Gasteiger partial charge in [-0.2, -0.15) is 0 Å². The van der Waals surface area contributed by atoms with Crippen LogP contribution in [0.1, 0.15) is 29.8 Å². The summed E-state index contributed by atoms with van der Waals surface area (Å²) in [4.78, 5) is 39.3. The summed E-state index contributed by atoms with van der Waals surface area (Å²) in [7, 11) is 3.48. The predicted molar refractivity (Wildman–Crippen MR) is 124 cm³/mol. The van der Waals surface area contributed by atoms with Crippen molar-refractivity contribution in [1.82, 2.24) is 19.8 Å². The molecule has 176 valence electrons. The Labute approximate surface area is 193 Å². The van der Waals surface area contributed by atoms with Crippen molar-refractivity contribution in [1.29, 1.82) is 0 Å². The van der Waals surface area contributed by atoms with E-state index < -0.39 is 11.5 Å². The van der Waals surface area contributed by atoms with Gasteiger partial charge >= 0.3 is 5.97 Å². The highest BCUT2D eigenvalue weighted by Crippen LogP contribution is 2.24. The van der Waals surface area contributed by atoms with Crippen LogP contribution in [0.2, 0.25) is 0 Å². The van der Waals surface area contributed by atoms with E-state index in [1.165, 1.54) is 24.5 Å². The number of anilines is 1. The van der Waals surface area contributed by atoms with Crippen LogP contribution in [0.25, 0.3) is 6.08 Å². The van der Waals surface area contributed by atoms with Gasteiger partial charge in [0.05, 0.1) is 12.2 Å². The lowest BCUT2D eigenvalue weighted by atomic mass is 9.95. The van der Waals surface area contributed by atoms with Crippen molar-refractivity contribution in [3.05, 3.63) is 59.7 Å². The van der Waals surface area contributed by atoms with Crippen molar-refractivity contribution in [3.63, 3.8) is 0 Å². The molecular formula is C24H30FN5O3. The topological polar surface area (TPSA) is 78.9 Å². The number of aromatic nitrogens is 2. The SMILES string of the molecule is CCOC(=O)c1cnc(N2CCN(C(C)(C=Cc3ccc(F)cc3)C(=O)N(C)C)CC2)nc1. The summed E-state index contributed by atoms with van der Waals surface area (Å²) in [5.74, 6) is -0.248. The fourth-order valence-electron chi connectivity index (χ4n) is 3.77. The van der Waals surface area contributed by atoms with Gasteiger partial charge in [-0.25, -0.2) is 19.2 Å². The molecule has 0 saturated carbocycles. The Balaban J connectivity index is 1.72. The molecule has 0 spiro atoms. The molecule has 0 N–H and O–H groups in total. The normalized spacial score (nSPS) is 16.5. The molecule has 1 saturated heterocycles. The number of hydrogen-bond donors (Lipinski definition) is 0. The maximum Gasteiger partial charge on any atom is 0.341 e. The zero-order valence-electron chi connectivity index (χ0n) is 19.5. The average Bonchev–Trinajstić information content (AvgIpc) is 2.83. The van der Waals surface area contributed by atoms with Crippen molar-refractivity contribution in [2.75, 3.05) is 51.8 Å². The predicted octanol–water partition coefficient (Wildman–Crippen LogP) is 2.47. The van der Waals surface area contributed by atoms with E-state index in [4.69, 9.17) is 4.74 Å². The number of halogens is 1. The highest BCUT2D eigenvalue weighted by atomic mass is 19.1. The Bertz CT molecular complexity index is 986. The number of carbonyl (C=O) groups excluding carboxylic acids is 2. The molecule has 33 heavy (non-hydrogen) atoms. The second-order valence-corrected chi connectivity index (χ2v) is 8.20. The summed E-state index contributed by atoms with van der Waals surface area (Å²) in [5.41, 5.74) is 0.274. The van der Waals surface area contributed by atoms with E-state index in [1.54, 1.807) is 38.1 Å². The van der Waals surface area contributed by atoms with Gasteiger partial charge in [-0.05, 0) is 31.5 Å². The minimum absolute atomic E-state index is 0.0376. The smallest absolute Gasteiger partial charge is 0.341 e. The molecule has 0 aliphatic carbocycles. The second kappa shape index (κ2) is 10.5. The standard InChI is InChI=1S/C24H30FN5O3/c1-5-33-21(31)19-16-26-23(27-17-19)29-12-14-30(15-13-29)24(2,22(32)28(3)4)11-10-18-6-8-20(25)9-7-18/h6-11,16-17H,5,12-15H2,1-4H3. The zero-order chi connectivity index (χ0) is 24.0. The maximum atomic E-state index is 13.2. The largest absolute Gasteiger partial charge is 0.462 e. The molecule has 1 aromatic carbocycles. The molecule has 8 nitrogen and oxygen atoms in total. The van der Waals surface area contributed by atoms with Crippen LogP contribution in [-0.4, -0.2) is 84.1 Å². The quantitative estimate of drug-likeness (QED) is 0.594. The van der Waals surface area contributed by atoms with Crippen molar-refractivity contribution < 1.29 is 18.7 Å². The highest BCUT2D eigenvalue weighted by Gasteiger charge is 2.40. The molecule has 9 heteroatoms. The van der Waals surface area contributed by atoms with E-state index in [-0.39, 0.29) is 11.7 Å². The number of carbonyl (C=O) groups is 2. The summed E-state index contributed by atoms with van der Waals surface area (Å²) in [6, 6.07) is 6.16. The third kappa shape index (κ3) is 5.73. The van der Waals surface area contributed by atoms with E-state index in [2.05, 4.69) is 14.9 Å². The lowest BCUT2D eigenvalue weighted by Crippen LogP contribution is -2.61. The van der Waals surface area contributed by atoms with Gasteiger partial charge in [-0.1, -0.05) is 24.3 Å². The minimum atomic E-state index is -0.862. The van der Waals surface area contributed by atoms with Gasteiger partial charge in [0.25, 0.3) is 0 Å². The Morgan fingerprint density at radius 3 is 2.27 bits per heavy atom. The Kier molecular flexibility index (Phi) is 7.75. The first-order chi connectivity index (χ1) is 15.7. The van der Waals surface area contributed by atoms with Gasteiger partial charge in [0, 0.05) is 52.7 Å². The zero-order valence-corrected chi connectivity index (χ0v) is 19.5. The first-order valence-electron chi connectivity index (χ1n) is 10.9. The van der Waals surface area contributed by atoms with Gasteiger partial charge in [0.15, 0.2) is 0 Å². The Morgan fingerprint density at radius 1 is 1.12 bits per heavy atom. The number of hydrogen-bond acceptors (Lipinski definition) is 7. The van der Waals surface area contributed by atoms with Gasteiger partial charge < -0.3 is 14.5 Å². The monoisotopic (exact) mass is 455 g/mol. The number of likely N-dealkylation sites (N-methyl/N-ethyl adjacent to an activating group) is 1. The molecule has 0 bridgehead atoms. The summed E-state index contributed by atoms with van der Waals surface area (Å²) < 4.78 is 18.2. The number of ether oxygens (including phenoxy) is 1. The molecule has 1 aromatic heterocycles. The summed E-state index contributed by atoms with van der Waals surface area (Å²) in [5, 5.41) is 0. The lowest BCUT2D eigenvalue weighted by Gasteiger charge is -2.44. The first kappa shape index (κ1) is 24.3. The van der Waals surface area contributed by atoms with Gasteiger partial charge in [0.1, 0.15) is 11.4 Å². The first-order valence-corrected chi connectivity index (χ1v) is 10.9. The number of nitrogens with zero attached hydrogens (tertiary/aromatic N) is 5. The van der Waals surface area contributed by atoms with Gasteiger partial charge in [-0.3, -0.25) is 9.69 Å². The molecular weight excluding hydrogens is 425 g/mol. The number of amides is 1. The molecule has 1 aliphatic rings. The van der Waals surface area contributed by atoms with E-state index in [0.717, 1.165) is 5.56 Å². The summed E-state index contributed by atoms with van der Waals surface area (Å²) in [6.07, 6.45) is 6.67. The maximum absolute atomic E-state index is 13.2.